The molecule has 0 spiro atoms. The molecule has 0 amide bonds. The van der Waals surface area contributed by atoms with Gasteiger partial charge in [-0.2, -0.15) is 0 Å². The van der Waals surface area contributed by atoms with Gasteiger partial charge >= 0.3 is 0 Å². The van der Waals surface area contributed by atoms with Crippen LogP contribution in [0.5, 0.6) is 0 Å². The number of H-pyrrole nitrogens is 1. The maximum atomic E-state index is 11.6. The lowest BCUT2D eigenvalue weighted by molar-refractivity contribution is 0.0997. The minimum Gasteiger partial charge on any atom is -0.357 e. The number of ketones is 1. The van der Waals surface area contributed by atoms with Gasteiger partial charge in [-0.25, -0.2) is 0 Å². The number of carbonyl (C=O) groups is 1. The summed E-state index contributed by atoms with van der Waals surface area (Å²) in [6.45, 7) is 2.24. The Kier molecular flexibility index (Phi) is 4.73. The van der Waals surface area contributed by atoms with Crippen molar-refractivity contribution in [2.24, 2.45) is 4.99 Å². The molecule has 0 bridgehead atoms. The first kappa shape index (κ1) is 13.1. The Balaban J connectivity index is 1.81. The highest BCUT2D eigenvalue weighted by Crippen LogP contribution is 2.29. The number of nitrogens with zero attached hydrogens (tertiary/aromatic N) is 1. The average molecular weight is 246 g/mol. The second-order valence-electron chi connectivity index (χ2n) is 4.99. The van der Waals surface area contributed by atoms with Crippen molar-refractivity contribution >= 4 is 17.7 Å². The van der Waals surface area contributed by atoms with Gasteiger partial charge in [-0.1, -0.05) is 39.0 Å². The van der Waals surface area contributed by atoms with E-state index in [1.165, 1.54) is 44.1 Å². The summed E-state index contributed by atoms with van der Waals surface area (Å²) in [6.07, 6.45) is 12.9. The predicted octanol–water partition coefficient (Wildman–Crippen LogP) is 4.21. The molecule has 0 aliphatic carbocycles. The molecule has 2 heterocycles. The number of nitrogens with one attached hydrogen (secondary N) is 1. The fourth-order valence-corrected chi connectivity index (χ4v) is 2.42. The van der Waals surface area contributed by atoms with E-state index in [1.54, 1.807) is 6.21 Å². The van der Waals surface area contributed by atoms with Crippen molar-refractivity contribution in [2.45, 2.75) is 58.3 Å². The Morgan fingerprint density at radius 1 is 1.22 bits per heavy atom. The Bertz CT molecular complexity index is 432. The lowest BCUT2D eigenvalue weighted by atomic mass is 10.0. The van der Waals surface area contributed by atoms with Crippen LogP contribution in [0.4, 0.5) is 5.69 Å². The molecule has 18 heavy (non-hydrogen) atoms. The van der Waals surface area contributed by atoms with Gasteiger partial charge in [0.25, 0.3) is 0 Å². The number of aryl methyl sites for hydroxylation is 1. The molecule has 98 valence electrons. The molecule has 0 radical (unpaired) electrons. The molecule has 0 fully saturated rings. The number of hydrogen-bond acceptors (Lipinski definition) is 2. The van der Waals surface area contributed by atoms with Gasteiger partial charge in [0.15, 0.2) is 5.78 Å². The number of fused-ring (bicyclic) bond motifs is 1. The number of aliphatic imine (C=N–C) groups is 1. The van der Waals surface area contributed by atoms with Gasteiger partial charge in [0.1, 0.15) is 5.69 Å². The van der Waals surface area contributed by atoms with Crippen LogP contribution in [0.15, 0.2) is 11.2 Å². The third kappa shape index (κ3) is 3.09. The third-order valence-corrected chi connectivity index (χ3v) is 3.51. The summed E-state index contributed by atoms with van der Waals surface area (Å²) in [7, 11) is 0. The molecule has 1 N–H and O–H groups in total. The zero-order valence-corrected chi connectivity index (χ0v) is 11.2. The van der Waals surface area contributed by atoms with Gasteiger partial charge in [-0.15, -0.1) is 0 Å². The zero-order valence-electron chi connectivity index (χ0n) is 11.2. The van der Waals surface area contributed by atoms with E-state index in [9.17, 15) is 4.79 Å². The lowest BCUT2D eigenvalue weighted by Gasteiger charge is -2.05. The minimum atomic E-state index is 0.161. The maximum Gasteiger partial charge on any atom is 0.186 e. The van der Waals surface area contributed by atoms with E-state index in [2.05, 4.69) is 16.9 Å². The van der Waals surface area contributed by atoms with Crippen LogP contribution in [-0.2, 0) is 6.42 Å². The Hall–Kier alpha value is -1.38. The molecule has 0 saturated carbocycles. The van der Waals surface area contributed by atoms with Crippen LogP contribution in [0.1, 0.15) is 67.9 Å². The Morgan fingerprint density at radius 3 is 2.83 bits per heavy atom. The molecule has 1 aliphatic rings. The molecule has 0 unspecified atom stereocenters. The molecule has 1 aromatic heterocycles. The highest BCUT2D eigenvalue weighted by molar-refractivity contribution is 6.09. The van der Waals surface area contributed by atoms with E-state index < -0.39 is 0 Å². The molecular weight excluding hydrogens is 224 g/mol. The molecule has 1 aromatic rings. The summed E-state index contributed by atoms with van der Waals surface area (Å²) in [5, 5.41) is 0. The minimum absolute atomic E-state index is 0.161. The van der Waals surface area contributed by atoms with Crippen LogP contribution >= 0.6 is 0 Å². The van der Waals surface area contributed by atoms with Crippen molar-refractivity contribution in [1.29, 1.82) is 0 Å². The van der Waals surface area contributed by atoms with E-state index >= 15 is 0 Å². The zero-order chi connectivity index (χ0) is 12.8. The normalized spacial score (nSPS) is 13.9. The highest BCUT2D eigenvalue weighted by atomic mass is 16.1. The van der Waals surface area contributed by atoms with Crippen molar-refractivity contribution in [3.63, 3.8) is 0 Å². The van der Waals surface area contributed by atoms with Crippen LogP contribution in [0.25, 0.3) is 0 Å². The molecule has 0 atom stereocenters. The van der Waals surface area contributed by atoms with E-state index in [0.717, 1.165) is 12.1 Å². The fraction of sp³-hybridized carbons (Fsp3) is 0.600. The number of rotatable bonds is 7. The number of Topliss-reactive ketones (excluding diaryl/α,β-unsaturated/α-hetero) is 1. The largest absolute Gasteiger partial charge is 0.357 e. The first-order valence-electron chi connectivity index (χ1n) is 7.09. The topological polar surface area (TPSA) is 45.2 Å². The Labute approximate surface area is 109 Å². The molecule has 3 nitrogen and oxygen atoms in total. The summed E-state index contributed by atoms with van der Waals surface area (Å²) in [4.78, 5) is 19.1. The standard InChI is InChI=1S/C15H22N2O/c1-2-3-4-5-6-7-8-12-11-17-15-13(18)9-10-16-14(12)15/h10-11,17H,2-9H2,1H3. The van der Waals surface area contributed by atoms with Crippen LogP contribution < -0.4 is 0 Å². The summed E-state index contributed by atoms with van der Waals surface area (Å²) in [5.74, 6) is 0.161. The molecule has 0 aromatic carbocycles. The number of carbonyl (C=O) groups excluding carboxylic acids is 1. The smallest absolute Gasteiger partial charge is 0.186 e. The van der Waals surface area contributed by atoms with Gasteiger partial charge < -0.3 is 4.98 Å². The summed E-state index contributed by atoms with van der Waals surface area (Å²) >= 11 is 0. The number of unbranched alkanes of at least 4 members (excludes halogenated alkanes) is 5. The quantitative estimate of drug-likeness (QED) is 0.720. The molecular formula is C15H22N2O. The van der Waals surface area contributed by atoms with Crippen molar-refractivity contribution in [3.8, 4) is 0 Å². The lowest BCUT2D eigenvalue weighted by Crippen LogP contribution is -2.04. The molecule has 2 rings (SSSR count). The summed E-state index contributed by atoms with van der Waals surface area (Å²) < 4.78 is 0. The van der Waals surface area contributed by atoms with Crippen LogP contribution in [-0.4, -0.2) is 17.0 Å². The van der Waals surface area contributed by atoms with Crippen LogP contribution in [0.3, 0.4) is 0 Å². The van der Waals surface area contributed by atoms with Gasteiger partial charge in [-0.05, 0) is 18.4 Å². The molecule has 0 saturated heterocycles. The second-order valence-corrected chi connectivity index (χ2v) is 4.99. The van der Waals surface area contributed by atoms with E-state index in [1.807, 2.05) is 6.20 Å². The predicted molar refractivity (Wildman–Crippen MR) is 75.0 cm³/mol. The van der Waals surface area contributed by atoms with Gasteiger partial charge in [-0.3, -0.25) is 9.79 Å². The van der Waals surface area contributed by atoms with Gasteiger partial charge in [0.05, 0.1) is 5.69 Å². The maximum absolute atomic E-state index is 11.6. The molecule has 1 aliphatic heterocycles. The van der Waals surface area contributed by atoms with Crippen LogP contribution in [0, 0.1) is 0 Å². The van der Waals surface area contributed by atoms with Gasteiger partial charge in [0, 0.05) is 18.8 Å². The fourth-order valence-electron chi connectivity index (χ4n) is 2.42. The van der Waals surface area contributed by atoms with E-state index in [0.29, 0.717) is 12.1 Å². The summed E-state index contributed by atoms with van der Waals surface area (Å²) in [5.41, 5.74) is 2.79. The first-order chi connectivity index (χ1) is 8.83. The third-order valence-electron chi connectivity index (χ3n) is 3.51. The number of aromatic nitrogens is 1. The SMILES string of the molecule is CCCCCCCCc1c[nH]c2c1N=CCC2=O. The monoisotopic (exact) mass is 246 g/mol. The average Bonchev–Trinajstić information content (AvgIpc) is 2.79. The van der Waals surface area contributed by atoms with Crippen molar-refractivity contribution in [3.05, 3.63) is 17.5 Å². The Morgan fingerprint density at radius 2 is 2.00 bits per heavy atom. The first-order valence-corrected chi connectivity index (χ1v) is 7.09. The van der Waals surface area contributed by atoms with Crippen molar-refractivity contribution in [1.82, 2.24) is 4.98 Å². The van der Waals surface area contributed by atoms with Crippen molar-refractivity contribution < 1.29 is 4.79 Å². The number of hydrogen-bond donors (Lipinski definition) is 1. The van der Waals surface area contributed by atoms with Crippen molar-refractivity contribution in [2.75, 3.05) is 0 Å². The van der Waals surface area contributed by atoms with E-state index in [-0.39, 0.29) is 5.78 Å². The highest BCUT2D eigenvalue weighted by Gasteiger charge is 2.18. The number of aromatic amines is 1. The molecule has 3 heteroatoms. The van der Waals surface area contributed by atoms with Crippen LogP contribution in [0.2, 0.25) is 0 Å². The van der Waals surface area contributed by atoms with E-state index in [4.69, 9.17) is 0 Å². The summed E-state index contributed by atoms with van der Waals surface area (Å²) in [6, 6.07) is 0. The second kappa shape index (κ2) is 6.53. The van der Waals surface area contributed by atoms with Gasteiger partial charge in [0.2, 0.25) is 0 Å².